The van der Waals surface area contributed by atoms with Crippen LogP contribution in [0.1, 0.15) is 119 Å². The Hall–Kier alpha value is -2.12. The number of ether oxygens (including phenoxy) is 1. The van der Waals surface area contributed by atoms with Crippen molar-refractivity contribution in [2.45, 2.75) is 132 Å². The van der Waals surface area contributed by atoms with E-state index in [4.69, 9.17) is 9.84 Å². The minimum atomic E-state index is -0.919. The van der Waals surface area contributed by atoms with Crippen LogP contribution < -0.4 is 4.74 Å². The third kappa shape index (κ3) is 9.47. The van der Waals surface area contributed by atoms with Crippen LogP contribution in [-0.2, 0) is 25.8 Å². The van der Waals surface area contributed by atoms with Gasteiger partial charge in [-0.1, -0.05) is 69.2 Å². The Morgan fingerprint density at radius 3 is 1.68 bits per heavy atom. The van der Waals surface area contributed by atoms with E-state index in [-0.39, 0.29) is 39.6 Å². The normalized spacial score (nSPS) is 14.1. The van der Waals surface area contributed by atoms with Gasteiger partial charge in [0.05, 0.1) is 4.08 Å². The highest BCUT2D eigenvalue weighted by Crippen LogP contribution is 2.51. The Morgan fingerprint density at radius 1 is 0.750 bits per heavy atom. The van der Waals surface area contributed by atoms with E-state index in [0.717, 1.165) is 32.9 Å². The number of aliphatic carboxylic acids is 1. The Kier molecular flexibility index (Phi) is 10.9. The van der Waals surface area contributed by atoms with Gasteiger partial charge in [-0.3, -0.25) is 9.59 Å². The molecule has 2 N–H and O–H groups in total. The number of aromatic hydroxyl groups is 1. The van der Waals surface area contributed by atoms with Crippen molar-refractivity contribution in [2.24, 2.45) is 0 Å². The molecule has 2 aromatic rings. The number of hydrogen-bond acceptors (Lipinski definition) is 6. The number of carboxylic acids is 1. The zero-order chi connectivity index (χ0) is 30.7. The fourth-order valence-electron chi connectivity index (χ4n) is 4.28. The lowest BCUT2D eigenvalue weighted by atomic mass is 9.79. The van der Waals surface area contributed by atoms with Crippen molar-refractivity contribution in [1.29, 1.82) is 0 Å². The average molecular weight is 589 g/mol. The number of carbonyl (C=O) groups excluding carboxylic acids is 1. The Balaban J connectivity index is 2.41. The van der Waals surface area contributed by atoms with Crippen molar-refractivity contribution < 1.29 is 24.5 Å². The number of carboxylic acid groups (broad SMARTS) is 1. The smallest absolute Gasteiger partial charge is 0.311 e. The van der Waals surface area contributed by atoms with Crippen molar-refractivity contribution in [3.8, 4) is 11.5 Å². The standard InChI is InChI=1S/C33H48O5S2/c1-12-33(11,40-22-19-24(31(5,6)7)29(37)25(20-22)32(8,9)10)39-21-16-17-26(23(18-21)30(2,3)4)38-28(36)15-13-14-27(34)35/h16-20,37H,12-15H2,1-11H3,(H,34,35). The van der Waals surface area contributed by atoms with E-state index in [2.05, 4.69) is 94.4 Å². The second kappa shape index (κ2) is 12.8. The lowest BCUT2D eigenvalue weighted by Gasteiger charge is -2.32. The molecular weight excluding hydrogens is 540 g/mol. The molecule has 0 aliphatic rings. The topological polar surface area (TPSA) is 83.8 Å². The summed E-state index contributed by atoms with van der Waals surface area (Å²) in [6.07, 6.45) is 1.17. The summed E-state index contributed by atoms with van der Waals surface area (Å²) in [6, 6.07) is 10.2. The first-order valence-electron chi connectivity index (χ1n) is 14.0. The minimum absolute atomic E-state index is 0.0560. The van der Waals surface area contributed by atoms with Crippen LogP contribution in [0.15, 0.2) is 40.1 Å². The van der Waals surface area contributed by atoms with E-state index >= 15 is 0 Å². The summed E-state index contributed by atoms with van der Waals surface area (Å²) in [5.41, 5.74) is 2.19. The van der Waals surface area contributed by atoms with Gasteiger partial charge >= 0.3 is 11.9 Å². The van der Waals surface area contributed by atoms with Crippen molar-refractivity contribution >= 4 is 35.5 Å². The first kappa shape index (κ1) is 34.1. The summed E-state index contributed by atoms with van der Waals surface area (Å²) in [6.45, 7) is 23.5. The Bertz CT molecular complexity index is 1180. The number of thioether (sulfide) groups is 2. The molecule has 0 aromatic heterocycles. The zero-order valence-electron chi connectivity index (χ0n) is 26.2. The third-order valence-corrected chi connectivity index (χ3v) is 9.67. The predicted molar refractivity (Wildman–Crippen MR) is 168 cm³/mol. The molecule has 1 atom stereocenters. The highest BCUT2D eigenvalue weighted by atomic mass is 32.2. The summed E-state index contributed by atoms with van der Waals surface area (Å²) in [5.74, 6) is -0.431. The molecule has 0 saturated heterocycles. The number of carbonyl (C=O) groups is 2. The molecule has 222 valence electrons. The van der Waals surface area contributed by atoms with Crippen LogP contribution >= 0.6 is 23.5 Å². The molecule has 2 rings (SSSR count). The van der Waals surface area contributed by atoms with Crippen LogP contribution in [0.3, 0.4) is 0 Å². The fourth-order valence-corrected chi connectivity index (χ4v) is 6.98. The monoisotopic (exact) mass is 588 g/mol. The summed E-state index contributed by atoms with van der Waals surface area (Å²) >= 11 is 3.60. The lowest BCUT2D eigenvalue weighted by Crippen LogP contribution is -2.19. The highest BCUT2D eigenvalue weighted by molar-refractivity contribution is 8.18. The molecule has 0 spiro atoms. The van der Waals surface area contributed by atoms with E-state index in [9.17, 15) is 14.7 Å². The largest absolute Gasteiger partial charge is 0.507 e. The van der Waals surface area contributed by atoms with Gasteiger partial charge in [0, 0.05) is 39.3 Å². The molecule has 7 heteroatoms. The third-order valence-electron chi connectivity index (χ3n) is 6.76. The first-order valence-corrected chi connectivity index (χ1v) is 15.6. The van der Waals surface area contributed by atoms with Gasteiger partial charge in [-0.05, 0) is 66.3 Å². The number of rotatable bonds is 10. The van der Waals surface area contributed by atoms with E-state index in [1.54, 1.807) is 11.8 Å². The predicted octanol–water partition coefficient (Wildman–Crippen LogP) is 9.46. The van der Waals surface area contributed by atoms with Gasteiger partial charge in [-0.2, -0.15) is 0 Å². The van der Waals surface area contributed by atoms with E-state index in [1.807, 2.05) is 23.9 Å². The molecular formula is C33H48O5S2. The summed E-state index contributed by atoms with van der Waals surface area (Å²) in [4.78, 5) is 25.4. The zero-order valence-corrected chi connectivity index (χ0v) is 27.8. The maximum atomic E-state index is 12.4. The maximum absolute atomic E-state index is 12.4. The molecule has 0 amide bonds. The van der Waals surface area contributed by atoms with Gasteiger partial charge in [-0.25, -0.2) is 0 Å². The SMILES string of the molecule is CCC(C)(Sc1ccc(OC(=O)CCCC(=O)O)c(C(C)(C)C)c1)Sc1cc(C(C)(C)C)c(O)c(C(C)(C)C)c1. The molecule has 5 nitrogen and oxygen atoms in total. The Morgan fingerprint density at radius 2 is 1.23 bits per heavy atom. The second-order valence-corrected chi connectivity index (χ2v) is 17.1. The number of benzene rings is 2. The molecule has 0 saturated carbocycles. The number of phenolic OH excluding ortho intramolecular Hbond substituents is 1. The fraction of sp³-hybridized carbons (Fsp3) is 0.576. The van der Waals surface area contributed by atoms with Crippen LogP contribution in [0.5, 0.6) is 11.5 Å². The van der Waals surface area contributed by atoms with Crippen LogP contribution in [0.2, 0.25) is 0 Å². The van der Waals surface area contributed by atoms with Crippen LogP contribution in [-0.4, -0.2) is 26.2 Å². The van der Waals surface area contributed by atoms with Crippen molar-refractivity contribution in [3.05, 3.63) is 47.0 Å². The van der Waals surface area contributed by atoms with Crippen LogP contribution in [0, 0.1) is 0 Å². The maximum Gasteiger partial charge on any atom is 0.311 e. The van der Waals surface area contributed by atoms with Crippen molar-refractivity contribution in [3.63, 3.8) is 0 Å². The highest BCUT2D eigenvalue weighted by Gasteiger charge is 2.31. The molecule has 40 heavy (non-hydrogen) atoms. The molecule has 0 fully saturated rings. The molecule has 0 heterocycles. The van der Waals surface area contributed by atoms with Gasteiger partial charge in [0.25, 0.3) is 0 Å². The molecule has 0 bridgehead atoms. The number of esters is 1. The van der Waals surface area contributed by atoms with Crippen LogP contribution in [0.4, 0.5) is 0 Å². The molecule has 2 aromatic carbocycles. The van der Waals surface area contributed by atoms with Crippen molar-refractivity contribution in [1.82, 2.24) is 0 Å². The van der Waals surface area contributed by atoms with Gasteiger partial charge in [0.1, 0.15) is 11.5 Å². The summed E-state index contributed by atoms with van der Waals surface area (Å²) in [7, 11) is 0. The van der Waals surface area contributed by atoms with E-state index < -0.39 is 11.9 Å². The number of phenols is 1. The second-order valence-electron chi connectivity index (χ2n) is 13.7. The van der Waals surface area contributed by atoms with Gasteiger partial charge in [-0.15, -0.1) is 23.5 Å². The van der Waals surface area contributed by atoms with Gasteiger partial charge in [0.2, 0.25) is 0 Å². The Labute approximate surface area is 249 Å². The minimum Gasteiger partial charge on any atom is -0.507 e. The van der Waals surface area contributed by atoms with Gasteiger partial charge in [0.15, 0.2) is 0 Å². The lowest BCUT2D eigenvalue weighted by molar-refractivity contribution is -0.137. The average Bonchev–Trinajstić information content (AvgIpc) is 2.78. The molecule has 1 unspecified atom stereocenters. The van der Waals surface area contributed by atoms with Gasteiger partial charge < -0.3 is 14.9 Å². The number of hydrogen-bond donors (Lipinski definition) is 2. The van der Waals surface area contributed by atoms with E-state index in [1.165, 1.54) is 0 Å². The first-order chi connectivity index (χ1) is 18.2. The summed E-state index contributed by atoms with van der Waals surface area (Å²) in [5, 5.41) is 20.0. The van der Waals surface area contributed by atoms with Crippen LogP contribution in [0.25, 0.3) is 0 Å². The molecule has 0 radical (unpaired) electrons. The van der Waals surface area contributed by atoms with Crippen molar-refractivity contribution in [2.75, 3.05) is 0 Å². The molecule has 0 aliphatic heterocycles. The molecule has 0 aliphatic carbocycles. The summed E-state index contributed by atoms with van der Waals surface area (Å²) < 4.78 is 5.50. The quantitative estimate of drug-likeness (QED) is 0.124. The van der Waals surface area contributed by atoms with E-state index in [0.29, 0.717) is 11.5 Å².